The van der Waals surface area contributed by atoms with Gasteiger partial charge in [0.05, 0.1) is 19.8 Å². The molecule has 0 radical (unpaired) electrons. The first kappa shape index (κ1) is 19.5. The Kier molecular flexibility index (Phi) is 7.70. The molecule has 1 unspecified atom stereocenters. The summed E-state index contributed by atoms with van der Waals surface area (Å²) in [5, 5.41) is 3.07. The second-order valence-corrected chi connectivity index (χ2v) is 5.71. The lowest BCUT2D eigenvalue weighted by Crippen LogP contribution is -2.40. The number of hydrogen-bond donors (Lipinski definition) is 2. The van der Waals surface area contributed by atoms with E-state index in [0.717, 1.165) is 11.3 Å². The summed E-state index contributed by atoms with van der Waals surface area (Å²) in [5.74, 6) is 2.37. The predicted molar refractivity (Wildman–Crippen MR) is 102 cm³/mol. The van der Waals surface area contributed by atoms with E-state index in [2.05, 4.69) is 15.3 Å². The maximum Gasteiger partial charge on any atom is 0.219 e. The van der Waals surface area contributed by atoms with Gasteiger partial charge >= 0.3 is 0 Å². The van der Waals surface area contributed by atoms with Crippen LogP contribution in [-0.2, 0) is 11.3 Å². The van der Waals surface area contributed by atoms with Crippen LogP contribution in [0, 0.1) is 0 Å². The molecule has 7 heteroatoms. The van der Waals surface area contributed by atoms with E-state index in [-0.39, 0.29) is 6.04 Å². The Balaban J connectivity index is 1.94. The number of guanidine groups is 1. The average Bonchev–Trinajstić information content (AvgIpc) is 2.62. The molecule has 7 nitrogen and oxygen atoms in total. The lowest BCUT2D eigenvalue weighted by molar-refractivity contribution is 0.179. The van der Waals surface area contributed by atoms with Gasteiger partial charge in [0.25, 0.3) is 0 Å². The number of benzene rings is 1. The Morgan fingerprint density at radius 1 is 1.23 bits per heavy atom. The average molecular weight is 358 g/mol. The first-order valence-corrected chi connectivity index (χ1v) is 8.51. The number of rotatable bonds is 9. The molecule has 1 aromatic carbocycles. The standard InChI is InChI=1S/C19H26N4O3/c1-4-25-16-5-7-17(8-6-16)26-18-11-15(9-10-21-18)12-22-19(20)23-14(2)13-24-3/h5-11,14H,4,12-13H2,1-3H3,(H3,20,22,23). The van der Waals surface area contributed by atoms with E-state index in [1.165, 1.54) is 0 Å². The molecular formula is C19H26N4O3. The van der Waals surface area contributed by atoms with Crippen LogP contribution in [-0.4, -0.2) is 37.3 Å². The SMILES string of the molecule is CCOc1ccc(Oc2cc(CN=C(N)NC(C)COC)ccn2)cc1. The molecule has 1 atom stereocenters. The molecule has 140 valence electrons. The number of nitrogens with zero attached hydrogens (tertiary/aromatic N) is 2. The summed E-state index contributed by atoms with van der Waals surface area (Å²) in [5.41, 5.74) is 6.83. The molecule has 0 bridgehead atoms. The molecule has 26 heavy (non-hydrogen) atoms. The van der Waals surface area contributed by atoms with E-state index in [0.29, 0.717) is 37.3 Å². The summed E-state index contributed by atoms with van der Waals surface area (Å²) in [6, 6.07) is 11.2. The van der Waals surface area contributed by atoms with Gasteiger partial charge in [-0.1, -0.05) is 0 Å². The molecule has 0 aliphatic rings. The zero-order chi connectivity index (χ0) is 18.8. The molecule has 0 saturated heterocycles. The third-order valence-corrected chi connectivity index (χ3v) is 3.40. The van der Waals surface area contributed by atoms with Crippen molar-refractivity contribution in [1.82, 2.24) is 10.3 Å². The van der Waals surface area contributed by atoms with Crippen molar-refractivity contribution in [1.29, 1.82) is 0 Å². The largest absolute Gasteiger partial charge is 0.494 e. The predicted octanol–water partition coefficient (Wildman–Crippen LogP) is 2.71. The molecule has 0 amide bonds. The Labute approximate surface area is 154 Å². The molecule has 2 aromatic rings. The maximum atomic E-state index is 5.88. The minimum atomic E-state index is 0.0970. The second-order valence-electron chi connectivity index (χ2n) is 5.71. The minimum absolute atomic E-state index is 0.0970. The van der Waals surface area contributed by atoms with Crippen molar-refractivity contribution in [3.63, 3.8) is 0 Å². The highest BCUT2D eigenvalue weighted by Gasteiger charge is 2.04. The Hall–Kier alpha value is -2.80. The molecule has 2 rings (SSSR count). The van der Waals surface area contributed by atoms with Crippen LogP contribution in [0.4, 0.5) is 0 Å². The van der Waals surface area contributed by atoms with Gasteiger partial charge in [-0.3, -0.25) is 0 Å². The summed E-state index contributed by atoms with van der Waals surface area (Å²) < 4.78 is 16.2. The van der Waals surface area contributed by atoms with E-state index >= 15 is 0 Å². The number of aromatic nitrogens is 1. The van der Waals surface area contributed by atoms with Crippen molar-refractivity contribution in [3.05, 3.63) is 48.2 Å². The number of ether oxygens (including phenoxy) is 3. The molecule has 1 heterocycles. The molecule has 0 saturated carbocycles. The van der Waals surface area contributed by atoms with Crippen molar-refractivity contribution in [3.8, 4) is 17.4 Å². The zero-order valence-corrected chi connectivity index (χ0v) is 15.4. The second kappa shape index (κ2) is 10.2. The van der Waals surface area contributed by atoms with Gasteiger partial charge in [-0.2, -0.15) is 0 Å². The van der Waals surface area contributed by atoms with E-state index in [1.54, 1.807) is 13.3 Å². The van der Waals surface area contributed by atoms with Crippen LogP contribution in [0.1, 0.15) is 19.4 Å². The molecule has 3 N–H and O–H groups in total. The third kappa shape index (κ3) is 6.60. The molecule has 0 fully saturated rings. The summed E-state index contributed by atoms with van der Waals surface area (Å²) in [4.78, 5) is 8.55. The Morgan fingerprint density at radius 3 is 2.65 bits per heavy atom. The third-order valence-electron chi connectivity index (χ3n) is 3.40. The topological polar surface area (TPSA) is 91.0 Å². The van der Waals surface area contributed by atoms with Crippen molar-refractivity contribution < 1.29 is 14.2 Å². The van der Waals surface area contributed by atoms with Gasteiger partial charge in [-0.05, 0) is 49.7 Å². The van der Waals surface area contributed by atoms with E-state index in [4.69, 9.17) is 19.9 Å². The quantitative estimate of drug-likeness (QED) is 0.529. The van der Waals surface area contributed by atoms with Crippen LogP contribution in [0.25, 0.3) is 0 Å². The van der Waals surface area contributed by atoms with Crippen LogP contribution >= 0.6 is 0 Å². The maximum absolute atomic E-state index is 5.88. The Bertz CT molecular complexity index is 704. The number of nitrogens with one attached hydrogen (secondary N) is 1. The van der Waals surface area contributed by atoms with Crippen LogP contribution in [0.2, 0.25) is 0 Å². The van der Waals surface area contributed by atoms with Gasteiger partial charge in [0.1, 0.15) is 11.5 Å². The van der Waals surface area contributed by atoms with E-state index in [1.807, 2.05) is 50.2 Å². The van der Waals surface area contributed by atoms with Gasteiger partial charge in [0, 0.05) is 25.4 Å². The fourth-order valence-electron chi connectivity index (χ4n) is 2.26. The number of pyridine rings is 1. The smallest absolute Gasteiger partial charge is 0.219 e. The lowest BCUT2D eigenvalue weighted by Gasteiger charge is -2.13. The molecular weight excluding hydrogens is 332 g/mol. The van der Waals surface area contributed by atoms with Crippen molar-refractivity contribution in [2.45, 2.75) is 26.4 Å². The summed E-state index contributed by atoms with van der Waals surface area (Å²) in [6.45, 7) is 5.54. The van der Waals surface area contributed by atoms with Gasteiger partial charge in [-0.15, -0.1) is 0 Å². The Morgan fingerprint density at radius 2 is 1.96 bits per heavy atom. The van der Waals surface area contributed by atoms with Crippen molar-refractivity contribution in [2.24, 2.45) is 10.7 Å². The summed E-state index contributed by atoms with van der Waals surface area (Å²) >= 11 is 0. The zero-order valence-electron chi connectivity index (χ0n) is 15.4. The summed E-state index contributed by atoms with van der Waals surface area (Å²) in [6.07, 6.45) is 1.69. The van der Waals surface area contributed by atoms with Gasteiger partial charge in [0.15, 0.2) is 5.96 Å². The van der Waals surface area contributed by atoms with Crippen LogP contribution in [0.15, 0.2) is 47.6 Å². The molecule has 0 aliphatic heterocycles. The number of nitrogens with two attached hydrogens (primary N) is 1. The number of hydrogen-bond acceptors (Lipinski definition) is 5. The fourth-order valence-corrected chi connectivity index (χ4v) is 2.26. The van der Waals surface area contributed by atoms with Crippen molar-refractivity contribution in [2.75, 3.05) is 20.3 Å². The first-order valence-electron chi connectivity index (χ1n) is 8.51. The number of aliphatic imine (C=N–C) groups is 1. The monoisotopic (exact) mass is 358 g/mol. The molecule has 0 spiro atoms. The minimum Gasteiger partial charge on any atom is -0.494 e. The normalized spacial score (nSPS) is 12.5. The van der Waals surface area contributed by atoms with Crippen LogP contribution < -0.4 is 20.5 Å². The van der Waals surface area contributed by atoms with Crippen LogP contribution in [0.5, 0.6) is 17.4 Å². The number of methoxy groups -OCH3 is 1. The first-order chi connectivity index (χ1) is 12.6. The highest BCUT2D eigenvalue weighted by Crippen LogP contribution is 2.23. The fraction of sp³-hybridized carbons (Fsp3) is 0.368. The molecule has 0 aliphatic carbocycles. The lowest BCUT2D eigenvalue weighted by atomic mass is 10.2. The highest BCUT2D eigenvalue weighted by atomic mass is 16.5. The molecule has 1 aromatic heterocycles. The van der Waals surface area contributed by atoms with E-state index in [9.17, 15) is 0 Å². The highest BCUT2D eigenvalue weighted by molar-refractivity contribution is 5.78. The summed E-state index contributed by atoms with van der Waals surface area (Å²) in [7, 11) is 1.65. The van der Waals surface area contributed by atoms with Crippen molar-refractivity contribution >= 4 is 5.96 Å². The van der Waals surface area contributed by atoms with Gasteiger partial charge < -0.3 is 25.3 Å². The van der Waals surface area contributed by atoms with Gasteiger partial charge in [0.2, 0.25) is 5.88 Å². The van der Waals surface area contributed by atoms with Gasteiger partial charge in [-0.25, -0.2) is 9.98 Å². The van der Waals surface area contributed by atoms with Crippen LogP contribution in [0.3, 0.4) is 0 Å². The van der Waals surface area contributed by atoms with E-state index < -0.39 is 0 Å².